The van der Waals surface area contributed by atoms with E-state index in [1.807, 2.05) is 0 Å². The molecule has 2 aromatic heterocycles. The van der Waals surface area contributed by atoms with Crippen molar-refractivity contribution in [1.29, 1.82) is 0 Å². The van der Waals surface area contributed by atoms with Gasteiger partial charge in [-0.2, -0.15) is 20.1 Å². The molecule has 1 aliphatic rings. The first-order valence-electron chi connectivity index (χ1n) is 6.78. The highest BCUT2D eigenvalue weighted by molar-refractivity contribution is 7.07. The normalized spacial score (nSPS) is 17.9. The monoisotopic (exact) mass is 297 g/mol. The van der Waals surface area contributed by atoms with E-state index in [4.69, 9.17) is 0 Å². The molecule has 0 radical (unpaired) electrons. The van der Waals surface area contributed by atoms with Gasteiger partial charge in [0.05, 0.1) is 6.54 Å². The lowest BCUT2D eigenvalue weighted by molar-refractivity contribution is 0.0629. The summed E-state index contributed by atoms with van der Waals surface area (Å²) in [6, 6.07) is 2.19. The number of imidazole rings is 1. The number of hydrogen-bond donors (Lipinski definition) is 0. The van der Waals surface area contributed by atoms with Crippen molar-refractivity contribution in [2.75, 3.05) is 13.1 Å². The van der Waals surface area contributed by atoms with E-state index in [0.717, 1.165) is 30.5 Å². The van der Waals surface area contributed by atoms with Gasteiger partial charge in [-0.3, -0.25) is 9.47 Å². The summed E-state index contributed by atoms with van der Waals surface area (Å²) in [5, 5.41) is 4.32. The first kappa shape index (κ1) is 13.7. The van der Waals surface area contributed by atoms with Crippen molar-refractivity contribution >= 4 is 11.3 Å². The van der Waals surface area contributed by atoms with Crippen molar-refractivity contribution in [3.05, 3.63) is 40.6 Å². The topological polar surface area (TPSA) is 21.1 Å². The molecular formula is C14H17F2N3S. The molecule has 0 unspecified atom stereocenters. The van der Waals surface area contributed by atoms with Crippen LogP contribution in [-0.4, -0.2) is 27.5 Å². The van der Waals surface area contributed by atoms with E-state index < -0.39 is 6.55 Å². The molecule has 3 heterocycles. The van der Waals surface area contributed by atoms with E-state index >= 15 is 0 Å². The number of aromatic nitrogens is 2. The molecule has 108 valence electrons. The average molecular weight is 297 g/mol. The third-order valence-electron chi connectivity index (χ3n) is 3.93. The van der Waals surface area contributed by atoms with Gasteiger partial charge in [-0.15, -0.1) is 0 Å². The minimum absolute atomic E-state index is 0.453. The summed E-state index contributed by atoms with van der Waals surface area (Å²) in [6.45, 7) is -0.114. The Morgan fingerprint density at radius 3 is 2.80 bits per heavy atom. The summed E-state index contributed by atoms with van der Waals surface area (Å²) in [4.78, 5) is 6.26. The molecule has 0 bridgehead atoms. The number of likely N-dealkylation sites (tertiary alicyclic amines) is 1. The van der Waals surface area contributed by atoms with Gasteiger partial charge in [-0.1, -0.05) is 0 Å². The number of hydrogen-bond acceptors (Lipinski definition) is 3. The van der Waals surface area contributed by atoms with Gasteiger partial charge >= 0.3 is 6.55 Å². The SMILES string of the molecule is FC(F)n1ccnc1CN1CCC(c2ccsc2)CC1. The van der Waals surface area contributed by atoms with Crippen LogP contribution in [0.1, 0.15) is 36.7 Å². The first-order chi connectivity index (χ1) is 9.74. The van der Waals surface area contributed by atoms with Gasteiger partial charge in [0.1, 0.15) is 5.82 Å². The fourth-order valence-corrected chi connectivity index (χ4v) is 3.52. The maximum atomic E-state index is 12.8. The van der Waals surface area contributed by atoms with Gasteiger partial charge in [0.2, 0.25) is 0 Å². The lowest BCUT2D eigenvalue weighted by Gasteiger charge is -2.31. The van der Waals surface area contributed by atoms with Crippen molar-refractivity contribution in [2.45, 2.75) is 31.9 Å². The van der Waals surface area contributed by atoms with E-state index in [9.17, 15) is 8.78 Å². The molecule has 0 aromatic carbocycles. The summed E-state index contributed by atoms with van der Waals surface area (Å²) in [7, 11) is 0. The third-order valence-corrected chi connectivity index (χ3v) is 4.63. The van der Waals surface area contributed by atoms with Crippen molar-refractivity contribution in [1.82, 2.24) is 14.5 Å². The molecule has 0 saturated carbocycles. The minimum atomic E-state index is -2.50. The Kier molecular flexibility index (Phi) is 4.12. The van der Waals surface area contributed by atoms with Crippen LogP contribution in [0.4, 0.5) is 8.78 Å². The van der Waals surface area contributed by atoms with Crippen LogP contribution in [0.2, 0.25) is 0 Å². The van der Waals surface area contributed by atoms with Crippen molar-refractivity contribution in [3.63, 3.8) is 0 Å². The minimum Gasteiger partial charge on any atom is -0.296 e. The quantitative estimate of drug-likeness (QED) is 0.857. The van der Waals surface area contributed by atoms with Gasteiger partial charge in [0, 0.05) is 12.4 Å². The van der Waals surface area contributed by atoms with Gasteiger partial charge in [-0.05, 0) is 54.2 Å². The molecule has 0 aliphatic carbocycles. The van der Waals surface area contributed by atoms with Gasteiger partial charge < -0.3 is 0 Å². The Hall–Kier alpha value is -1.27. The highest BCUT2D eigenvalue weighted by atomic mass is 32.1. The highest BCUT2D eigenvalue weighted by Gasteiger charge is 2.22. The number of halogens is 2. The molecule has 20 heavy (non-hydrogen) atoms. The van der Waals surface area contributed by atoms with Gasteiger partial charge in [0.25, 0.3) is 0 Å². The summed E-state index contributed by atoms with van der Waals surface area (Å²) in [5.74, 6) is 1.07. The van der Waals surface area contributed by atoms with Crippen LogP contribution in [0, 0.1) is 0 Å². The third kappa shape index (κ3) is 2.91. The second-order valence-corrected chi connectivity index (χ2v) is 5.92. The standard InChI is InChI=1S/C14H17F2N3S/c15-14(16)19-7-4-17-13(19)9-18-5-1-11(2-6-18)12-3-8-20-10-12/h3-4,7-8,10-11,14H,1-2,5-6,9H2. The number of piperidine rings is 1. The molecular weight excluding hydrogens is 280 g/mol. The van der Waals surface area contributed by atoms with E-state index in [1.54, 1.807) is 11.3 Å². The molecule has 2 aromatic rings. The molecule has 0 spiro atoms. The zero-order chi connectivity index (χ0) is 13.9. The van der Waals surface area contributed by atoms with Crippen LogP contribution in [0.5, 0.6) is 0 Å². The van der Waals surface area contributed by atoms with E-state index in [-0.39, 0.29) is 0 Å². The van der Waals surface area contributed by atoms with Crippen molar-refractivity contribution in [3.8, 4) is 0 Å². The fraction of sp³-hybridized carbons (Fsp3) is 0.500. The Morgan fingerprint density at radius 2 is 2.15 bits per heavy atom. The van der Waals surface area contributed by atoms with Crippen molar-refractivity contribution < 1.29 is 8.78 Å². The second-order valence-electron chi connectivity index (χ2n) is 5.14. The number of rotatable bonds is 4. The molecule has 0 atom stereocenters. The van der Waals surface area contributed by atoms with E-state index in [1.165, 1.54) is 18.0 Å². The molecule has 3 nitrogen and oxygen atoms in total. The summed E-state index contributed by atoms with van der Waals surface area (Å²) < 4.78 is 26.5. The lowest BCUT2D eigenvalue weighted by Crippen LogP contribution is -2.33. The number of thiophene rings is 1. The molecule has 0 N–H and O–H groups in total. The zero-order valence-electron chi connectivity index (χ0n) is 11.1. The largest absolute Gasteiger partial charge is 0.319 e. The Bertz CT molecular complexity index is 530. The van der Waals surface area contributed by atoms with Gasteiger partial charge in [-0.25, -0.2) is 4.98 Å². The molecule has 0 amide bonds. The molecule has 3 rings (SSSR count). The summed E-state index contributed by atoms with van der Waals surface area (Å²) in [6.07, 6.45) is 4.97. The molecule has 1 fully saturated rings. The van der Waals surface area contributed by atoms with E-state index in [0.29, 0.717) is 18.3 Å². The maximum Gasteiger partial charge on any atom is 0.319 e. The first-order valence-corrected chi connectivity index (χ1v) is 7.72. The molecule has 1 aliphatic heterocycles. The Labute approximate surface area is 120 Å². The van der Waals surface area contributed by atoms with Crippen LogP contribution >= 0.6 is 11.3 Å². The summed E-state index contributed by atoms with van der Waals surface area (Å²) >= 11 is 1.73. The van der Waals surface area contributed by atoms with Crippen LogP contribution in [0.3, 0.4) is 0 Å². The number of alkyl halides is 2. The van der Waals surface area contributed by atoms with Crippen LogP contribution < -0.4 is 0 Å². The Morgan fingerprint density at radius 1 is 1.35 bits per heavy atom. The van der Waals surface area contributed by atoms with Crippen molar-refractivity contribution in [2.24, 2.45) is 0 Å². The number of nitrogens with zero attached hydrogens (tertiary/aromatic N) is 3. The molecule has 6 heteroatoms. The lowest BCUT2D eigenvalue weighted by atomic mass is 9.91. The van der Waals surface area contributed by atoms with Crippen LogP contribution in [-0.2, 0) is 6.54 Å². The second kappa shape index (κ2) is 6.01. The Balaban J connectivity index is 1.57. The summed E-state index contributed by atoms with van der Waals surface area (Å²) in [5.41, 5.74) is 1.42. The van der Waals surface area contributed by atoms with Crippen LogP contribution in [0.15, 0.2) is 29.2 Å². The van der Waals surface area contributed by atoms with E-state index in [2.05, 4.69) is 26.7 Å². The average Bonchev–Trinajstić information content (AvgIpc) is 3.10. The van der Waals surface area contributed by atoms with Crippen LogP contribution in [0.25, 0.3) is 0 Å². The maximum absolute atomic E-state index is 12.8. The highest BCUT2D eigenvalue weighted by Crippen LogP contribution is 2.30. The van der Waals surface area contributed by atoms with Gasteiger partial charge in [0.15, 0.2) is 0 Å². The predicted molar refractivity (Wildman–Crippen MR) is 75.1 cm³/mol. The fourth-order valence-electron chi connectivity index (χ4n) is 2.78. The molecule has 1 saturated heterocycles. The smallest absolute Gasteiger partial charge is 0.296 e. The predicted octanol–water partition coefficient (Wildman–Crippen LogP) is 3.72. The zero-order valence-corrected chi connectivity index (χ0v) is 11.9.